The topological polar surface area (TPSA) is 176 Å². The zero-order valence-corrected chi connectivity index (χ0v) is 11.4. The lowest BCUT2D eigenvalue weighted by molar-refractivity contribution is -0.160. The molecular formula is C10H17N3O6S. The molecule has 9 nitrogen and oxygen atoms in total. The number of carboxylic acid groups (broad SMARTS) is 1. The van der Waals surface area contributed by atoms with E-state index in [1.807, 2.05) is 0 Å². The predicted octanol–water partition coefficient (Wildman–Crippen LogP) is -2.21. The maximum absolute atomic E-state index is 11.4. The molecule has 0 aliphatic heterocycles. The van der Waals surface area contributed by atoms with Gasteiger partial charge in [-0.15, -0.1) is 0 Å². The summed E-state index contributed by atoms with van der Waals surface area (Å²) < 4.78 is 4.40. The third-order valence-electron chi connectivity index (χ3n) is 2.08. The average Bonchev–Trinajstić information content (AvgIpc) is 2.41. The molecule has 0 saturated heterocycles. The van der Waals surface area contributed by atoms with E-state index >= 15 is 0 Å². The molecule has 0 bridgehead atoms. The van der Waals surface area contributed by atoms with E-state index in [9.17, 15) is 19.2 Å². The zero-order valence-electron chi connectivity index (χ0n) is 10.6. The molecule has 7 N–H and O–H groups in total. The molecule has 114 valence electrons. The molecule has 0 spiro atoms. The summed E-state index contributed by atoms with van der Waals surface area (Å²) in [6.45, 7) is -0.182. The van der Waals surface area contributed by atoms with E-state index in [1.165, 1.54) is 0 Å². The van der Waals surface area contributed by atoms with Gasteiger partial charge in [-0.3, -0.25) is 14.4 Å². The SMILES string of the molecule is NCC(=O)SC[C@@H](N)C(=O)OC(=O)CC[C@H](N)C(=O)O. The number of thioether (sulfide) groups is 1. The van der Waals surface area contributed by atoms with Gasteiger partial charge in [-0.2, -0.15) is 0 Å². The van der Waals surface area contributed by atoms with Crippen LogP contribution in [0.25, 0.3) is 0 Å². The van der Waals surface area contributed by atoms with Crippen LogP contribution in [0.4, 0.5) is 0 Å². The monoisotopic (exact) mass is 307 g/mol. The van der Waals surface area contributed by atoms with Gasteiger partial charge in [0.2, 0.25) is 5.12 Å². The number of carbonyl (C=O) groups is 4. The summed E-state index contributed by atoms with van der Waals surface area (Å²) in [6, 6.07) is -2.35. The minimum atomic E-state index is -1.25. The second-order valence-electron chi connectivity index (χ2n) is 3.77. The Kier molecular flexibility index (Phi) is 8.72. The first-order chi connectivity index (χ1) is 9.27. The molecule has 0 rings (SSSR count). The van der Waals surface area contributed by atoms with Crippen LogP contribution in [0.5, 0.6) is 0 Å². The molecule has 0 amide bonds. The molecule has 0 unspecified atom stereocenters. The molecule has 0 fully saturated rings. The van der Waals surface area contributed by atoms with Crippen LogP contribution >= 0.6 is 11.8 Å². The van der Waals surface area contributed by atoms with Gasteiger partial charge in [0.25, 0.3) is 0 Å². The van der Waals surface area contributed by atoms with Crippen molar-refractivity contribution in [3.63, 3.8) is 0 Å². The minimum Gasteiger partial charge on any atom is -0.480 e. The highest BCUT2D eigenvalue weighted by atomic mass is 32.2. The van der Waals surface area contributed by atoms with Crippen LogP contribution in [0.2, 0.25) is 0 Å². The molecule has 0 heterocycles. The van der Waals surface area contributed by atoms with Crippen molar-refractivity contribution in [2.45, 2.75) is 24.9 Å². The van der Waals surface area contributed by atoms with Crippen molar-refractivity contribution < 1.29 is 29.0 Å². The molecule has 0 aliphatic carbocycles. The zero-order chi connectivity index (χ0) is 15.7. The lowest BCUT2D eigenvalue weighted by Crippen LogP contribution is -2.37. The Morgan fingerprint density at radius 1 is 1.15 bits per heavy atom. The maximum Gasteiger partial charge on any atom is 0.331 e. The second-order valence-corrected chi connectivity index (χ2v) is 4.85. The van der Waals surface area contributed by atoms with Gasteiger partial charge < -0.3 is 27.0 Å². The van der Waals surface area contributed by atoms with E-state index < -0.39 is 30.0 Å². The summed E-state index contributed by atoms with van der Waals surface area (Å²) in [4.78, 5) is 43.9. The predicted molar refractivity (Wildman–Crippen MR) is 70.4 cm³/mol. The Hall–Kier alpha value is -1.49. The van der Waals surface area contributed by atoms with Crippen LogP contribution < -0.4 is 17.2 Å². The molecule has 0 aromatic carbocycles. The first-order valence-electron chi connectivity index (χ1n) is 5.62. The number of hydrogen-bond acceptors (Lipinski definition) is 9. The van der Waals surface area contributed by atoms with E-state index in [4.69, 9.17) is 22.3 Å². The molecule has 20 heavy (non-hydrogen) atoms. The molecule has 0 aromatic rings. The van der Waals surface area contributed by atoms with Crippen molar-refractivity contribution >= 4 is 34.8 Å². The van der Waals surface area contributed by atoms with Crippen molar-refractivity contribution in [3.05, 3.63) is 0 Å². The van der Waals surface area contributed by atoms with Crippen molar-refractivity contribution in [3.8, 4) is 0 Å². The van der Waals surface area contributed by atoms with Gasteiger partial charge in [0, 0.05) is 12.2 Å². The Morgan fingerprint density at radius 2 is 1.75 bits per heavy atom. The third kappa shape index (κ3) is 7.84. The smallest absolute Gasteiger partial charge is 0.331 e. The molecule has 0 radical (unpaired) electrons. The summed E-state index contributed by atoms with van der Waals surface area (Å²) in [6.07, 6.45) is -0.474. The van der Waals surface area contributed by atoms with Crippen LogP contribution in [0.3, 0.4) is 0 Å². The van der Waals surface area contributed by atoms with E-state index in [0.717, 1.165) is 11.8 Å². The molecular weight excluding hydrogens is 290 g/mol. The first-order valence-corrected chi connectivity index (χ1v) is 6.60. The van der Waals surface area contributed by atoms with Crippen LogP contribution in [-0.4, -0.2) is 52.5 Å². The summed E-state index contributed by atoms with van der Waals surface area (Å²) in [5, 5.41) is 8.16. The van der Waals surface area contributed by atoms with Gasteiger partial charge in [0.05, 0.1) is 6.54 Å². The van der Waals surface area contributed by atoms with Gasteiger partial charge in [-0.1, -0.05) is 11.8 Å². The van der Waals surface area contributed by atoms with Gasteiger partial charge in [-0.05, 0) is 6.42 Å². The normalized spacial score (nSPS) is 13.3. The average molecular weight is 307 g/mol. The number of ether oxygens (including phenoxy) is 1. The Labute approximate surface area is 119 Å². The number of nitrogens with two attached hydrogens (primary N) is 3. The summed E-state index contributed by atoms with van der Waals surface area (Å²) in [5.74, 6) is -3.22. The fraction of sp³-hybridized carbons (Fsp3) is 0.600. The minimum absolute atomic E-state index is 0.0587. The van der Waals surface area contributed by atoms with Crippen LogP contribution in [0, 0.1) is 0 Å². The van der Waals surface area contributed by atoms with Gasteiger partial charge >= 0.3 is 17.9 Å². The van der Waals surface area contributed by atoms with Crippen molar-refractivity contribution in [2.24, 2.45) is 17.2 Å². The summed E-state index contributed by atoms with van der Waals surface area (Å²) in [7, 11) is 0. The Morgan fingerprint density at radius 3 is 2.25 bits per heavy atom. The van der Waals surface area contributed by atoms with E-state index in [0.29, 0.717) is 0 Å². The number of aliphatic carboxylic acids is 1. The Bertz CT molecular complexity index is 389. The standard InChI is InChI=1S/C10H17N3O6S/c11-3-8(15)20-4-6(13)10(18)19-7(14)2-1-5(12)9(16)17/h5-6H,1-4,11-13H2,(H,16,17)/t5-,6+/m0/s1. The second kappa shape index (κ2) is 9.42. The number of rotatable bonds is 8. The number of esters is 2. The van der Waals surface area contributed by atoms with E-state index in [1.54, 1.807) is 0 Å². The quantitative estimate of drug-likeness (QED) is 0.284. The number of hydrogen-bond donors (Lipinski definition) is 4. The van der Waals surface area contributed by atoms with Crippen molar-refractivity contribution in [1.29, 1.82) is 0 Å². The van der Waals surface area contributed by atoms with E-state index in [2.05, 4.69) is 4.74 Å². The number of carbonyl (C=O) groups excluding carboxylic acids is 3. The van der Waals surface area contributed by atoms with Crippen LogP contribution in [-0.2, 0) is 23.9 Å². The maximum atomic E-state index is 11.4. The Balaban J connectivity index is 4.03. The summed E-state index contributed by atoms with van der Waals surface area (Å²) >= 11 is 0.763. The van der Waals surface area contributed by atoms with Gasteiger partial charge in [0.1, 0.15) is 12.1 Å². The lowest BCUT2D eigenvalue weighted by atomic mass is 10.2. The fourth-order valence-corrected chi connectivity index (χ4v) is 1.56. The van der Waals surface area contributed by atoms with Crippen molar-refractivity contribution in [2.75, 3.05) is 12.3 Å². The van der Waals surface area contributed by atoms with Crippen molar-refractivity contribution in [1.82, 2.24) is 0 Å². The molecule has 2 atom stereocenters. The lowest BCUT2D eigenvalue weighted by Gasteiger charge is -2.10. The van der Waals surface area contributed by atoms with Gasteiger partial charge in [-0.25, -0.2) is 4.79 Å². The highest BCUT2D eigenvalue weighted by Gasteiger charge is 2.21. The molecule has 0 saturated carbocycles. The summed E-state index contributed by atoms with van der Waals surface area (Å²) in [5.41, 5.74) is 15.7. The number of carboxylic acids is 1. The molecule has 0 aromatic heterocycles. The van der Waals surface area contributed by atoms with Crippen LogP contribution in [0.15, 0.2) is 0 Å². The molecule has 10 heteroatoms. The highest BCUT2D eigenvalue weighted by Crippen LogP contribution is 2.05. The largest absolute Gasteiger partial charge is 0.480 e. The fourth-order valence-electron chi connectivity index (χ4n) is 0.945. The highest BCUT2D eigenvalue weighted by molar-refractivity contribution is 8.13. The molecule has 0 aliphatic rings. The van der Waals surface area contributed by atoms with E-state index in [-0.39, 0.29) is 30.3 Å². The van der Waals surface area contributed by atoms with Gasteiger partial charge in [0.15, 0.2) is 0 Å². The first kappa shape index (κ1) is 18.5. The third-order valence-corrected chi connectivity index (χ3v) is 3.10. The van der Waals surface area contributed by atoms with Crippen LogP contribution in [0.1, 0.15) is 12.8 Å².